The van der Waals surface area contributed by atoms with Crippen LogP contribution in [-0.4, -0.2) is 16.5 Å². The molecule has 0 aliphatic carbocycles. The van der Waals surface area contributed by atoms with E-state index in [2.05, 4.69) is 31.0 Å². The molecule has 2 aromatic rings. The number of hydrogen-bond acceptors (Lipinski definition) is 4. The number of carbonyl (C=O) groups excluding carboxylic acids is 1. The molecule has 0 bridgehead atoms. The van der Waals surface area contributed by atoms with E-state index in [1.54, 1.807) is 23.6 Å². The Morgan fingerprint density at radius 2 is 2.09 bits per heavy atom. The predicted octanol–water partition coefficient (Wildman–Crippen LogP) is 4.35. The fourth-order valence-corrected chi connectivity index (χ4v) is 3.76. The van der Waals surface area contributed by atoms with Gasteiger partial charge in [-0.2, -0.15) is 0 Å². The molecule has 0 saturated heterocycles. The van der Waals surface area contributed by atoms with Gasteiger partial charge in [0.05, 0.1) is 9.88 Å². The maximum atomic E-state index is 12.2. The van der Waals surface area contributed by atoms with Crippen LogP contribution in [0.1, 0.15) is 36.0 Å². The highest BCUT2D eigenvalue weighted by atomic mass is 32.1. The number of aryl methyl sites for hydroxylation is 2. The summed E-state index contributed by atoms with van der Waals surface area (Å²) in [6, 6.07) is 8.22. The topological polar surface area (TPSA) is 42.3 Å². The number of ketones is 1. The second kappa shape index (κ2) is 6.36. The van der Waals surface area contributed by atoms with Crippen molar-refractivity contribution in [3.8, 4) is 10.4 Å². The molecule has 1 aliphatic rings. The van der Waals surface area contributed by atoms with E-state index >= 15 is 0 Å². The largest absolute Gasteiger partial charge is 0.292 e. The number of carbonyl (C=O) groups is 1. The molecule has 4 heteroatoms. The van der Waals surface area contributed by atoms with Crippen LogP contribution in [0, 0.1) is 6.92 Å². The van der Waals surface area contributed by atoms with Crippen molar-refractivity contribution in [3.63, 3.8) is 0 Å². The summed E-state index contributed by atoms with van der Waals surface area (Å²) in [5.41, 5.74) is 3.58. The van der Waals surface area contributed by atoms with Gasteiger partial charge in [-0.1, -0.05) is 37.3 Å². The Morgan fingerprint density at radius 1 is 1.27 bits per heavy atom. The highest BCUT2D eigenvalue weighted by Gasteiger charge is 2.23. The molecule has 0 unspecified atom stereocenters. The number of nitrogens with zero attached hydrogens (tertiary/aromatic N) is 2. The molecule has 0 fully saturated rings. The van der Waals surface area contributed by atoms with Crippen LogP contribution < -0.4 is 0 Å². The van der Waals surface area contributed by atoms with Gasteiger partial charge in [-0.25, -0.2) is 4.98 Å². The van der Waals surface area contributed by atoms with Crippen molar-refractivity contribution in [2.45, 2.75) is 33.1 Å². The zero-order valence-corrected chi connectivity index (χ0v) is 13.6. The standard InChI is InChI=1S/C18H18N2OS/c1-3-7-15-20-17(16-14(21)10-6-11-19-16)18(22-15)13-9-5-4-8-12(13)2/h4-6,8-9,11H,3,7,10H2,1-2H3. The van der Waals surface area contributed by atoms with Crippen LogP contribution in [0.15, 0.2) is 41.5 Å². The predicted molar refractivity (Wildman–Crippen MR) is 91.6 cm³/mol. The molecule has 3 nitrogen and oxygen atoms in total. The molecule has 0 atom stereocenters. The van der Waals surface area contributed by atoms with Crippen molar-refractivity contribution in [3.05, 3.63) is 52.8 Å². The van der Waals surface area contributed by atoms with Crippen LogP contribution in [0.5, 0.6) is 0 Å². The van der Waals surface area contributed by atoms with Crippen molar-refractivity contribution in [2.24, 2.45) is 4.99 Å². The number of aliphatic imine (C=N–C) groups is 1. The van der Waals surface area contributed by atoms with Crippen LogP contribution in [0.4, 0.5) is 0 Å². The third kappa shape index (κ3) is 2.79. The minimum atomic E-state index is 0.0469. The van der Waals surface area contributed by atoms with Gasteiger partial charge in [0.25, 0.3) is 0 Å². The lowest BCUT2D eigenvalue weighted by atomic mass is 10.0. The average Bonchev–Trinajstić information content (AvgIpc) is 2.92. The number of Topliss-reactive ketones (excluding diaryl/α,β-unsaturated/α-hetero) is 1. The summed E-state index contributed by atoms with van der Waals surface area (Å²) in [6.07, 6.45) is 5.88. The van der Waals surface area contributed by atoms with E-state index in [4.69, 9.17) is 4.98 Å². The first-order chi connectivity index (χ1) is 10.7. The minimum absolute atomic E-state index is 0.0469. The lowest BCUT2D eigenvalue weighted by Crippen LogP contribution is -2.17. The van der Waals surface area contributed by atoms with Crippen molar-refractivity contribution in [1.82, 2.24) is 4.98 Å². The summed E-state index contributed by atoms with van der Waals surface area (Å²) in [7, 11) is 0. The van der Waals surface area contributed by atoms with E-state index in [9.17, 15) is 4.79 Å². The molecular formula is C18H18N2OS. The Bertz CT molecular complexity index is 771. The molecule has 0 saturated carbocycles. The smallest absolute Gasteiger partial charge is 0.187 e. The number of rotatable bonds is 4. The Balaban J connectivity index is 2.17. The average molecular weight is 310 g/mol. The Kier molecular flexibility index (Phi) is 4.29. The van der Waals surface area contributed by atoms with Crippen LogP contribution in [0.3, 0.4) is 0 Å². The highest BCUT2D eigenvalue weighted by molar-refractivity contribution is 7.15. The fraction of sp³-hybridized carbons (Fsp3) is 0.278. The lowest BCUT2D eigenvalue weighted by molar-refractivity contribution is -0.112. The van der Waals surface area contributed by atoms with E-state index in [0.29, 0.717) is 12.1 Å². The van der Waals surface area contributed by atoms with Crippen molar-refractivity contribution >= 4 is 22.8 Å². The van der Waals surface area contributed by atoms with E-state index in [1.165, 1.54) is 5.56 Å². The summed E-state index contributed by atoms with van der Waals surface area (Å²) in [5.74, 6) is 0.0469. The third-order valence-electron chi connectivity index (χ3n) is 3.63. The molecular weight excluding hydrogens is 292 g/mol. The van der Waals surface area contributed by atoms with Crippen LogP contribution in [0.2, 0.25) is 0 Å². The molecule has 1 aromatic heterocycles. The van der Waals surface area contributed by atoms with Crippen molar-refractivity contribution in [2.75, 3.05) is 0 Å². The molecule has 0 spiro atoms. The number of allylic oxidation sites excluding steroid dienone is 1. The Hall–Kier alpha value is -2.07. The van der Waals surface area contributed by atoms with Crippen molar-refractivity contribution < 1.29 is 4.79 Å². The molecule has 2 heterocycles. The maximum absolute atomic E-state index is 12.2. The van der Waals surface area contributed by atoms with Gasteiger partial charge in [0.2, 0.25) is 0 Å². The first-order valence-corrected chi connectivity index (χ1v) is 8.34. The van der Waals surface area contributed by atoms with E-state index in [-0.39, 0.29) is 5.78 Å². The molecule has 22 heavy (non-hydrogen) atoms. The summed E-state index contributed by atoms with van der Waals surface area (Å²) >= 11 is 1.68. The molecule has 0 amide bonds. The lowest BCUT2D eigenvalue weighted by Gasteiger charge is -2.08. The molecule has 3 rings (SSSR count). The maximum Gasteiger partial charge on any atom is 0.187 e. The Labute approximate surface area is 134 Å². The number of aromatic nitrogens is 1. The molecule has 0 N–H and O–H groups in total. The van der Waals surface area contributed by atoms with Gasteiger partial charge >= 0.3 is 0 Å². The first kappa shape index (κ1) is 14.9. The summed E-state index contributed by atoms with van der Waals surface area (Å²) in [6.45, 7) is 4.23. The fourth-order valence-electron chi connectivity index (χ4n) is 2.50. The number of thiazole rings is 1. The van der Waals surface area contributed by atoms with Crippen LogP contribution in [-0.2, 0) is 11.2 Å². The normalized spacial score (nSPS) is 14.3. The van der Waals surface area contributed by atoms with Gasteiger partial charge in [-0.15, -0.1) is 11.3 Å². The summed E-state index contributed by atoms with van der Waals surface area (Å²) in [4.78, 5) is 22.3. The zero-order chi connectivity index (χ0) is 15.5. The minimum Gasteiger partial charge on any atom is -0.292 e. The van der Waals surface area contributed by atoms with Crippen LogP contribution in [0.25, 0.3) is 10.4 Å². The van der Waals surface area contributed by atoms with Gasteiger partial charge in [0, 0.05) is 12.6 Å². The number of benzene rings is 1. The second-order valence-corrected chi connectivity index (χ2v) is 6.42. The molecule has 112 valence electrons. The molecule has 1 aliphatic heterocycles. The van der Waals surface area contributed by atoms with Crippen molar-refractivity contribution in [1.29, 1.82) is 0 Å². The van der Waals surface area contributed by atoms with E-state index in [1.807, 2.05) is 12.1 Å². The molecule has 1 aromatic carbocycles. The third-order valence-corrected chi connectivity index (χ3v) is 4.77. The number of hydrogen-bond donors (Lipinski definition) is 0. The van der Waals surface area contributed by atoms with E-state index in [0.717, 1.165) is 34.0 Å². The second-order valence-electron chi connectivity index (χ2n) is 5.34. The quantitative estimate of drug-likeness (QED) is 0.842. The first-order valence-electron chi connectivity index (χ1n) is 7.52. The van der Waals surface area contributed by atoms with Gasteiger partial charge in [0.1, 0.15) is 11.4 Å². The van der Waals surface area contributed by atoms with Gasteiger partial charge in [-0.05, 0) is 30.9 Å². The van der Waals surface area contributed by atoms with Gasteiger partial charge in [0.15, 0.2) is 5.78 Å². The highest BCUT2D eigenvalue weighted by Crippen LogP contribution is 2.34. The summed E-state index contributed by atoms with van der Waals surface area (Å²) in [5, 5.41) is 1.07. The van der Waals surface area contributed by atoms with Crippen LogP contribution >= 0.6 is 11.3 Å². The van der Waals surface area contributed by atoms with Gasteiger partial charge in [-0.3, -0.25) is 9.79 Å². The molecule has 0 radical (unpaired) electrons. The SMILES string of the molecule is CCCc1nc(C2=NC=CCC2=O)c(-c2ccccc2C)s1. The Morgan fingerprint density at radius 3 is 2.82 bits per heavy atom. The monoisotopic (exact) mass is 310 g/mol. The zero-order valence-electron chi connectivity index (χ0n) is 12.8. The summed E-state index contributed by atoms with van der Waals surface area (Å²) < 4.78 is 0. The van der Waals surface area contributed by atoms with E-state index < -0.39 is 0 Å². The van der Waals surface area contributed by atoms with Gasteiger partial charge < -0.3 is 0 Å².